The molecule has 0 bridgehead atoms. The summed E-state index contributed by atoms with van der Waals surface area (Å²) in [5.74, 6) is -0.701. The summed E-state index contributed by atoms with van der Waals surface area (Å²) in [6, 6.07) is 12.4. The maximum absolute atomic E-state index is 13.5. The Balaban J connectivity index is 2.08. The van der Waals surface area contributed by atoms with E-state index in [1.54, 1.807) is 12.1 Å². The van der Waals surface area contributed by atoms with Crippen LogP contribution in [0.5, 0.6) is 5.75 Å². The van der Waals surface area contributed by atoms with Gasteiger partial charge in [0.1, 0.15) is 11.6 Å². The van der Waals surface area contributed by atoms with E-state index in [-0.39, 0.29) is 11.3 Å². The number of nitrogens with zero attached hydrogens (tertiary/aromatic N) is 1. The summed E-state index contributed by atoms with van der Waals surface area (Å²) in [5.41, 5.74) is 3.47. The summed E-state index contributed by atoms with van der Waals surface area (Å²) in [4.78, 5) is 0. The highest BCUT2D eigenvalue weighted by atomic mass is 19.3. The van der Waals surface area contributed by atoms with Crippen LogP contribution in [0.25, 0.3) is 0 Å². The molecule has 2 aromatic rings. The fraction of sp³-hybridized carbons (Fsp3) is 0.0714. The van der Waals surface area contributed by atoms with E-state index in [2.05, 4.69) is 15.3 Å². The maximum Gasteiger partial charge on any atom is 0.387 e. The van der Waals surface area contributed by atoms with E-state index in [9.17, 15) is 13.2 Å². The van der Waals surface area contributed by atoms with Gasteiger partial charge in [0.15, 0.2) is 0 Å². The van der Waals surface area contributed by atoms with E-state index in [1.165, 1.54) is 6.21 Å². The molecule has 0 amide bonds. The van der Waals surface area contributed by atoms with Crippen LogP contribution in [0.2, 0.25) is 0 Å². The van der Waals surface area contributed by atoms with Gasteiger partial charge in [-0.15, -0.1) is 0 Å². The average Bonchev–Trinajstić information content (AvgIpc) is 2.43. The first kappa shape index (κ1) is 13.9. The van der Waals surface area contributed by atoms with Crippen LogP contribution in [-0.2, 0) is 0 Å². The Bertz CT molecular complexity index is 588. The van der Waals surface area contributed by atoms with Gasteiger partial charge in [0.2, 0.25) is 0 Å². The zero-order chi connectivity index (χ0) is 14.4. The van der Waals surface area contributed by atoms with Crippen LogP contribution >= 0.6 is 0 Å². The van der Waals surface area contributed by atoms with Gasteiger partial charge in [-0.05, 0) is 30.3 Å². The van der Waals surface area contributed by atoms with Gasteiger partial charge in [-0.1, -0.05) is 18.2 Å². The summed E-state index contributed by atoms with van der Waals surface area (Å²) in [6.07, 6.45) is 1.20. The predicted molar refractivity (Wildman–Crippen MR) is 70.7 cm³/mol. The quantitative estimate of drug-likeness (QED) is 0.666. The maximum atomic E-state index is 13.5. The van der Waals surface area contributed by atoms with Gasteiger partial charge in [0.05, 0.1) is 11.9 Å². The summed E-state index contributed by atoms with van der Waals surface area (Å²) in [6.45, 7) is -2.95. The average molecular weight is 280 g/mol. The van der Waals surface area contributed by atoms with Crippen molar-refractivity contribution in [3.63, 3.8) is 0 Å². The van der Waals surface area contributed by atoms with E-state index in [1.807, 2.05) is 18.2 Å². The summed E-state index contributed by atoms with van der Waals surface area (Å²) in [7, 11) is 0. The van der Waals surface area contributed by atoms with Crippen molar-refractivity contribution in [2.75, 3.05) is 5.43 Å². The number of hydrogen-bond acceptors (Lipinski definition) is 3. The molecule has 1 N–H and O–H groups in total. The zero-order valence-corrected chi connectivity index (χ0v) is 10.3. The molecule has 0 atom stereocenters. The molecule has 2 aromatic carbocycles. The molecule has 0 aliphatic carbocycles. The van der Waals surface area contributed by atoms with Crippen molar-refractivity contribution in [1.82, 2.24) is 0 Å². The van der Waals surface area contributed by atoms with Crippen molar-refractivity contribution in [3.05, 3.63) is 59.9 Å². The van der Waals surface area contributed by atoms with E-state index in [0.717, 1.165) is 23.9 Å². The third-order valence-electron chi connectivity index (χ3n) is 2.36. The number of hydrazone groups is 1. The lowest BCUT2D eigenvalue weighted by atomic mass is 10.2. The first-order chi connectivity index (χ1) is 9.65. The third-order valence-corrected chi connectivity index (χ3v) is 2.36. The molecule has 0 aromatic heterocycles. The van der Waals surface area contributed by atoms with Crippen LogP contribution in [0.15, 0.2) is 53.6 Å². The van der Waals surface area contributed by atoms with Crippen LogP contribution in [0, 0.1) is 5.82 Å². The van der Waals surface area contributed by atoms with Crippen molar-refractivity contribution in [2.24, 2.45) is 5.10 Å². The smallest absolute Gasteiger partial charge is 0.387 e. The zero-order valence-electron chi connectivity index (χ0n) is 10.3. The summed E-state index contributed by atoms with van der Waals surface area (Å²) < 4.78 is 41.8. The summed E-state index contributed by atoms with van der Waals surface area (Å²) in [5, 5.41) is 3.83. The molecule has 0 radical (unpaired) electrons. The molecular formula is C14H11F3N2O. The fourth-order valence-electron chi connectivity index (χ4n) is 1.49. The van der Waals surface area contributed by atoms with E-state index in [0.29, 0.717) is 0 Å². The molecule has 0 saturated carbocycles. The Morgan fingerprint density at radius 2 is 1.85 bits per heavy atom. The molecule has 0 spiro atoms. The van der Waals surface area contributed by atoms with E-state index in [4.69, 9.17) is 0 Å². The van der Waals surface area contributed by atoms with Gasteiger partial charge < -0.3 is 4.74 Å². The first-order valence-corrected chi connectivity index (χ1v) is 5.73. The lowest BCUT2D eigenvalue weighted by Gasteiger charge is -2.05. The fourth-order valence-corrected chi connectivity index (χ4v) is 1.49. The lowest BCUT2D eigenvalue weighted by molar-refractivity contribution is -0.0498. The molecular weight excluding hydrogens is 269 g/mol. The van der Waals surface area contributed by atoms with Crippen molar-refractivity contribution in [3.8, 4) is 5.75 Å². The predicted octanol–water partition coefficient (Wildman–Crippen LogP) is 3.87. The second-order valence-electron chi connectivity index (χ2n) is 3.80. The minimum Gasteiger partial charge on any atom is -0.435 e. The van der Waals surface area contributed by atoms with Crippen molar-refractivity contribution in [2.45, 2.75) is 6.61 Å². The minimum absolute atomic E-state index is 0.0478. The molecule has 0 aliphatic heterocycles. The van der Waals surface area contributed by atoms with Gasteiger partial charge in [-0.3, -0.25) is 5.43 Å². The number of para-hydroxylation sites is 1. The molecule has 2 rings (SSSR count). The van der Waals surface area contributed by atoms with Gasteiger partial charge in [-0.25, -0.2) is 4.39 Å². The van der Waals surface area contributed by atoms with Crippen molar-refractivity contribution in [1.29, 1.82) is 0 Å². The molecule has 104 valence electrons. The van der Waals surface area contributed by atoms with E-state index >= 15 is 0 Å². The highest BCUT2D eigenvalue weighted by molar-refractivity contribution is 5.81. The van der Waals surface area contributed by atoms with Gasteiger partial charge in [0, 0.05) is 5.56 Å². The van der Waals surface area contributed by atoms with Crippen molar-refractivity contribution < 1.29 is 17.9 Å². The number of alkyl halides is 2. The van der Waals surface area contributed by atoms with E-state index < -0.39 is 12.4 Å². The van der Waals surface area contributed by atoms with Crippen LogP contribution in [0.1, 0.15) is 5.56 Å². The van der Waals surface area contributed by atoms with Crippen LogP contribution < -0.4 is 10.2 Å². The van der Waals surface area contributed by atoms with Gasteiger partial charge >= 0.3 is 6.61 Å². The van der Waals surface area contributed by atoms with Gasteiger partial charge in [0.25, 0.3) is 0 Å². The molecule has 6 heteroatoms. The Kier molecular flexibility index (Phi) is 4.60. The number of nitrogens with one attached hydrogen (secondary N) is 1. The Labute approximate surface area is 113 Å². The Morgan fingerprint density at radius 3 is 2.55 bits per heavy atom. The number of anilines is 1. The second kappa shape index (κ2) is 6.60. The van der Waals surface area contributed by atoms with Gasteiger partial charge in [-0.2, -0.15) is 13.9 Å². The number of ether oxygens (including phenoxy) is 1. The van der Waals surface area contributed by atoms with Crippen molar-refractivity contribution >= 4 is 11.9 Å². The molecule has 3 nitrogen and oxygen atoms in total. The number of benzene rings is 2. The number of rotatable bonds is 5. The first-order valence-electron chi connectivity index (χ1n) is 5.73. The monoisotopic (exact) mass is 280 g/mol. The Hall–Kier alpha value is -2.50. The second-order valence-corrected chi connectivity index (χ2v) is 3.80. The molecule has 20 heavy (non-hydrogen) atoms. The van der Waals surface area contributed by atoms with Crippen LogP contribution in [-0.4, -0.2) is 12.8 Å². The summed E-state index contributed by atoms with van der Waals surface area (Å²) >= 11 is 0. The molecule has 0 heterocycles. The standard InChI is InChI=1S/C14H11F3N2O/c15-13-7-6-12(20-14(16)17)8-10(13)9-18-19-11-4-2-1-3-5-11/h1-9,14,19H. The topological polar surface area (TPSA) is 33.6 Å². The SMILES string of the molecule is Fc1ccc(OC(F)F)cc1C=NNc1ccccc1. The third kappa shape index (κ3) is 4.01. The largest absolute Gasteiger partial charge is 0.435 e. The lowest BCUT2D eigenvalue weighted by Crippen LogP contribution is -2.03. The number of halogens is 3. The molecule has 0 unspecified atom stereocenters. The normalized spacial score (nSPS) is 11.0. The molecule has 0 aliphatic rings. The Morgan fingerprint density at radius 1 is 1.10 bits per heavy atom. The highest BCUT2D eigenvalue weighted by Gasteiger charge is 2.07. The highest BCUT2D eigenvalue weighted by Crippen LogP contribution is 2.17. The van der Waals surface area contributed by atoms with Crippen LogP contribution in [0.4, 0.5) is 18.9 Å². The number of hydrogen-bond donors (Lipinski definition) is 1. The molecule has 0 saturated heterocycles. The minimum atomic E-state index is -2.95. The molecule has 0 fully saturated rings. The van der Waals surface area contributed by atoms with Crippen LogP contribution in [0.3, 0.4) is 0 Å².